The molecule has 2 atom stereocenters. The zero-order valence-corrected chi connectivity index (χ0v) is 23.6. The predicted molar refractivity (Wildman–Crippen MR) is 148 cm³/mol. The van der Waals surface area contributed by atoms with Crippen LogP contribution in [0.15, 0.2) is 59.5 Å². The average molecular weight is 562 g/mol. The van der Waals surface area contributed by atoms with E-state index in [0.717, 1.165) is 30.5 Å². The summed E-state index contributed by atoms with van der Waals surface area (Å²) in [5.41, 5.74) is 0.000843. The first-order valence-electron chi connectivity index (χ1n) is 13.2. The van der Waals surface area contributed by atoms with Gasteiger partial charge in [-0.1, -0.05) is 57.0 Å². The van der Waals surface area contributed by atoms with E-state index in [0.29, 0.717) is 19.3 Å². The molecule has 0 saturated heterocycles. The summed E-state index contributed by atoms with van der Waals surface area (Å²) in [7, 11) is -2.52. The van der Waals surface area contributed by atoms with Gasteiger partial charge in [0.15, 0.2) is 0 Å². The maximum Gasteiger partial charge on any atom is 0.269 e. The van der Waals surface area contributed by atoms with Crippen molar-refractivity contribution in [2.75, 3.05) is 26.8 Å². The number of nitrogens with one attached hydrogen (secondary N) is 1. The van der Waals surface area contributed by atoms with E-state index in [-0.39, 0.29) is 42.1 Å². The zero-order chi connectivity index (χ0) is 28.6. The van der Waals surface area contributed by atoms with Gasteiger partial charge in [-0.25, -0.2) is 8.42 Å². The summed E-state index contributed by atoms with van der Waals surface area (Å²) in [6.07, 6.45) is 2.30. The fourth-order valence-electron chi connectivity index (χ4n) is 5.14. The minimum absolute atomic E-state index is 0.0596. The molecule has 1 aliphatic carbocycles. The van der Waals surface area contributed by atoms with Crippen LogP contribution in [-0.4, -0.2) is 67.6 Å². The molecule has 0 radical (unpaired) electrons. The number of carbonyl (C=O) groups excluding carboxylic acids is 1. The molecule has 0 bridgehead atoms. The fourth-order valence-corrected chi connectivity index (χ4v) is 6.76. The van der Waals surface area contributed by atoms with Gasteiger partial charge in [-0.2, -0.15) is 4.31 Å². The molecule has 0 aromatic heterocycles. The van der Waals surface area contributed by atoms with Crippen molar-refractivity contribution < 1.29 is 28.0 Å². The Labute approximate surface area is 230 Å². The Kier molecular flexibility index (Phi) is 10.6. The van der Waals surface area contributed by atoms with E-state index in [9.17, 15) is 28.4 Å². The quantitative estimate of drug-likeness (QED) is 0.266. The van der Waals surface area contributed by atoms with E-state index < -0.39 is 32.5 Å². The summed E-state index contributed by atoms with van der Waals surface area (Å²) < 4.78 is 33.7. The van der Waals surface area contributed by atoms with Crippen LogP contribution in [0, 0.1) is 21.4 Å². The number of non-ortho nitro benzene ring substituents is 1. The molecule has 1 fully saturated rings. The molecule has 1 amide bonds. The van der Waals surface area contributed by atoms with Crippen LogP contribution in [0.4, 0.5) is 5.69 Å². The van der Waals surface area contributed by atoms with E-state index in [1.165, 1.54) is 16.4 Å². The third-order valence-corrected chi connectivity index (χ3v) is 9.03. The number of methoxy groups -OCH3 is 1. The smallest absolute Gasteiger partial charge is 0.269 e. The van der Waals surface area contributed by atoms with Gasteiger partial charge in [0, 0.05) is 32.3 Å². The first-order valence-corrected chi connectivity index (χ1v) is 14.7. The Morgan fingerprint density at radius 1 is 1.10 bits per heavy atom. The van der Waals surface area contributed by atoms with Crippen molar-refractivity contribution in [2.24, 2.45) is 11.3 Å². The lowest BCUT2D eigenvalue weighted by molar-refractivity contribution is -0.384. The number of nitro benzene ring substituents is 1. The minimum Gasteiger partial charge on any atom is -0.390 e. The molecule has 0 aliphatic heterocycles. The number of sulfonamides is 1. The highest BCUT2D eigenvalue weighted by Gasteiger charge is 2.43. The molecule has 3 rings (SSSR count). The van der Waals surface area contributed by atoms with E-state index in [2.05, 4.69) is 5.32 Å². The molecule has 2 aromatic carbocycles. The summed E-state index contributed by atoms with van der Waals surface area (Å²) in [6.45, 7) is 3.87. The molecular weight excluding hydrogens is 522 g/mol. The number of rotatable bonds is 14. The summed E-state index contributed by atoms with van der Waals surface area (Å²) in [6, 6.07) is 13.3. The van der Waals surface area contributed by atoms with E-state index >= 15 is 0 Å². The lowest BCUT2D eigenvalue weighted by Crippen LogP contribution is -2.54. The first-order chi connectivity index (χ1) is 18.5. The van der Waals surface area contributed by atoms with Crippen LogP contribution in [-0.2, 0) is 26.0 Å². The molecule has 11 heteroatoms. The Balaban J connectivity index is 1.89. The van der Waals surface area contributed by atoms with Gasteiger partial charge in [0.1, 0.15) is 0 Å². The third kappa shape index (κ3) is 7.84. The number of nitro groups is 1. The standard InChI is InChI=1S/C28H39N3O7S/c1-21(2)18-30(39(36,37)24-13-11-23(12-14-24)31(34)35)19-26(32)25(17-22-9-5-4-6-10-22)29-27(33)28(20-38-3)15-7-8-16-28/h4-6,9-14,21,25-26,32H,7-8,15-20H2,1-3H3,(H,29,33)/t25-,26+/m0/s1. The number of benzene rings is 2. The van der Waals surface area contributed by atoms with Crippen molar-refractivity contribution in [2.45, 2.75) is 63.0 Å². The van der Waals surface area contributed by atoms with E-state index in [1.54, 1.807) is 7.11 Å². The average Bonchev–Trinajstić information content (AvgIpc) is 3.38. The first kappa shape index (κ1) is 30.7. The van der Waals surface area contributed by atoms with Crippen molar-refractivity contribution in [1.29, 1.82) is 0 Å². The van der Waals surface area contributed by atoms with Gasteiger partial charge in [0.05, 0.1) is 34.0 Å². The van der Waals surface area contributed by atoms with Gasteiger partial charge in [0.25, 0.3) is 5.69 Å². The second-order valence-electron chi connectivity index (χ2n) is 10.7. The number of nitrogens with zero attached hydrogens (tertiary/aromatic N) is 2. The maximum atomic E-state index is 13.6. The van der Waals surface area contributed by atoms with E-state index in [1.807, 2.05) is 44.2 Å². The highest BCUT2D eigenvalue weighted by molar-refractivity contribution is 7.89. The number of amides is 1. The summed E-state index contributed by atoms with van der Waals surface area (Å²) >= 11 is 0. The second kappa shape index (κ2) is 13.5. The summed E-state index contributed by atoms with van der Waals surface area (Å²) in [5.74, 6) is -0.258. The molecule has 2 aromatic rings. The van der Waals surface area contributed by atoms with Crippen LogP contribution in [0.5, 0.6) is 0 Å². The maximum absolute atomic E-state index is 13.6. The monoisotopic (exact) mass is 561 g/mol. The van der Waals surface area contributed by atoms with Crippen LogP contribution in [0.2, 0.25) is 0 Å². The third-order valence-electron chi connectivity index (χ3n) is 7.19. The van der Waals surface area contributed by atoms with Crippen molar-refractivity contribution in [3.8, 4) is 0 Å². The molecule has 10 nitrogen and oxygen atoms in total. The van der Waals surface area contributed by atoms with Crippen LogP contribution in [0.1, 0.15) is 45.1 Å². The normalized spacial score (nSPS) is 16.8. The lowest BCUT2D eigenvalue weighted by Gasteiger charge is -2.34. The Bertz CT molecular complexity index is 1200. The highest BCUT2D eigenvalue weighted by atomic mass is 32.2. The van der Waals surface area contributed by atoms with Gasteiger partial charge < -0.3 is 15.2 Å². The van der Waals surface area contributed by atoms with Crippen LogP contribution >= 0.6 is 0 Å². The predicted octanol–water partition coefficient (Wildman–Crippen LogP) is 3.54. The number of carbonyl (C=O) groups is 1. The number of aliphatic hydroxyl groups excluding tert-OH is 1. The van der Waals surface area contributed by atoms with Gasteiger partial charge in [-0.15, -0.1) is 0 Å². The van der Waals surface area contributed by atoms with Crippen LogP contribution < -0.4 is 5.32 Å². The molecule has 39 heavy (non-hydrogen) atoms. The molecule has 1 aliphatic rings. The summed E-state index contributed by atoms with van der Waals surface area (Å²) in [4.78, 5) is 23.9. The van der Waals surface area contributed by atoms with Gasteiger partial charge in [-0.05, 0) is 42.9 Å². The van der Waals surface area contributed by atoms with E-state index in [4.69, 9.17) is 4.74 Å². The SMILES string of the molecule is COCC1(C(=O)N[C@@H](Cc2ccccc2)[C@H](O)CN(CC(C)C)S(=O)(=O)c2ccc([N+](=O)[O-])cc2)CCCC1. The number of hydrogen-bond acceptors (Lipinski definition) is 7. The zero-order valence-electron chi connectivity index (χ0n) is 22.8. The molecule has 214 valence electrons. The molecular formula is C28H39N3O7S. The highest BCUT2D eigenvalue weighted by Crippen LogP contribution is 2.38. The van der Waals surface area contributed by atoms with Crippen LogP contribution in [0.25, 0.3) is 0 Å². The molecule has 0 spiro atoms. The minimum atomic E-state index is -4.09. The Hall–Kier alpha value is -2.86. The molecule has 1 saturated carbocycles. The second-order valence-corrected chi connectivity index (χ2v) is 12.7. The van der Waals surface area contributed by atoms with Crippen molar-refractivity contribution in [3.05, 3.63) is 70.3 Å². The lowest BCUT2D eigenvalue weighted by atomic mass is 9.85. The van der Waals surface area contributed by atoms with Crippen molar-refractivity contribution in [1.82, 2.24) is 9.62 Å². The molecule has 0 unspecified atom stereocenters. The molecule has 2 N–H and O–H groups in total. The van der Waals surface area contributed by atoms with Crippen molar-refractivity contribution in [3.63, 3.8) is 0 Å². The Morgan fingerprint density at radius 3 is 2.26 bits per heavy atom. The number of ether oxygens (including phenoxy) is 1. The largest absolute Gasteiger partial charge is 0.390 e. The van der Waals surface area contributed by atoms with Gasteiger partial charge >= 0.3 is 0 Å². The fraction of sp³-hybridized carbons (Fsp3) is 0.536. The number of hydrogen-bond donors (Lipinski definition) is 2. The van der Waals surface area contributed by atoms with Crippen molar-refractivity contribution >= 4 is 21.6 Å². The van der Waals surface area contributed by atoms with Gasteiger partial charge in [0.2, 0.25) is 15.9 Å². The topological polar surface area (TPSA) is 139 Å². The molecule has 0 heterocycles. The number of aliphatic hydroxyl groups is 1. The van der Waals surface area contributed by atoms with Crippen LogP contribution in [0.3, 0.4) is 0 Å². The van der Waals surface area contributed by atoms with Gasteiger partial charge in [-0.3, -0.25) is 14.9 Å². The Morgan fingerprint density at radius 2 is 1.72 bits per heavy atom. The summed E-state index contributed by atoms with van der Waals surface area (Å²) in [5, 5.41) is 25.5.